The van der Waals surface area contributed by atoms with Crippen LogP contribution in [-0.2, 0) is 11.2 Å². The van der Waals surface area contributed by atoms with E-state index in [1.807, 2.05) is 26.0 Å². The SMILES string of the molecule is COc1c(C)cc(C)cc1CC(=O)N1CCN(C(=O)c2cnccn2)CC1. The Hall–Kier alpha value is -2.96. The van der Waals surface area contributed by atoms with Crippen molar-refractivity contribution in [2.24, 2.45) is 0 Å². The molecule has 1 aromatic carbocycles. The Morgan fingerprint density at radius 3 is 2.41 bits per heavy atom. The molecule has 1 aliphatic rings. The zero-order chi connectivity index (χ0) is 19.4. The number of hydrogen-bond acceptors (Lipinski definition) is 5. The number of nitrogens with zero attached hydrogens (tertiary/aromatic N) is 4. The van der Waals surface area contributed by atoms with Crippen LogP contribution in [0.2, 0.25) is 0 Å². The molecule has 7 heteroatoms. The van der Waals surface area contributed by atoms with Gasteiger partial charge in [-0.1, -0.05) is 17.7 Å². The van der Waals surface area contributed by atoms with Crippen LogP contribution in [0.1, 0.15) is 27.2 Å². The van der Waals surface area contributed by atoms with E-state index in [-0.39, 0.29) is 11.8 Å². The average molecular weight is 368 g/mol. The molecule has 1 fully saturated rings. The highest BCUT2D eigenvalue weighted by Crippen LogP contribution is 2.26. The van der Waals surface area contributed by atoms with Gasteiger partial charge in [-0.05, 0) is 19.4 Å². The first-order chi connectivity index (χ1) is 13.0. The summed E-state index contributed by atoms with van der Waals surface area (Å²) in [7, 11) is 1.63. The smallest absolute Gasteiger partial charge is 0.274 e. The molecule has 0 bridgehead atoms. The Morgan fingerprint density at radius 2 is 1.78 bits per heavy atom. The monoisotopic (exact) mass is 368 g/mol. The second-order valence-corrected chi connectivity index (χ2v) is 6.71. The maximum atomic E-state index is 12.7. The summed E-state index contributed by atoms with van der Waals surface area (Å²) in [4.78, 5) is 36.7. The molecule has 0 spiro atoms. The number of hydrogen-bond donors (Lipinski definition) is 0. The molecule has 2 amide bonds. The van der Waals surface area contributed by atoms with Gasteiger partial charge in [-0.15, -0.1) is 0 Å². The molecular formula is C20H24N4O3. The normalized spacial score (nSPS) is 14.2. The lowest BCUT2D eigenvalue weighted by molar-refractivity contribution is -0.131. The maximum absolute atomic E-state index is 12.7. The first-order valence-electron chi connectivity index (χ1n) is 8.96. The minimum Gasteiger partial charge on any atom is -0.496 e. The van der Waals surface area contributed by atoms with Crippen molar-refractivity contribution >= 4 is 11.8 Å². The Kier molecular flexibility index (Phi) is 5.69. The first kappa shape index (κ1) is 18.8. The molecule has 0 N–H and O–H groups in total. The molecule has 142 valence electrons. The van der Waals surface area contributed by atoms with E-state index in [0.717, 1.165) is 22.4 Å². The van der Waals surface area contributed by atoms with E-state index >= 15 is 0 Å². The van der Waals surface area contributed by atoms with Crippen LogP contribution in [0.15, 0.2) is 30.7 Å². The lowest BCUT2D eigenvalue weighted by atomic mass is 10.0. The zero-order valence-corrected chi connectivity index (χ0v) is 15.9. The molecule has 7 nitrogen and oxygen atoms in total. The van der Waals surface area contributed by atoms with E-state index in [0.29, 0.717) is 38.3 Å². The fourth-order valence-electron chi connectivity index (χ4n) is 3.47. The molecule has 0 atom stereocenters. The molecule has 27 heavy (non-hydrogen) atoms. The van der Waals surface area contributed by atoms with Crippen molar-refractivity contribution in [3.63, 3.8) is 0 Å². The second-order valence-electron chi connectivity index (χ2n) is 6.71. The number of amides is 2. The largest absolute Gasteiger partial charge is 0.496 e. The van der Waals surface area contributed by atoms with Crippen LogP contribution in [0.3, 0.4) is 0 Å². The van der Waals surface area contributed by atoms with E-state index in [2.05, 4.69) is 9.97 Å². The molecule has 0 saturated carbocycles. The fraction of sp³-hybridized carbons (Fsp3) is 0.400. The minimum absolute atomic E-state index is 0.0462. The van der Waals surface area contributed by atoms with E-state index in [4.69, 9.17) is 4.74 Å². The lowest BCUT2D eigenvalue weighted by Gasteiger charge is -2.34. The number of aryl methyl sites for hydroxylation is 2. The van der Waals surface area contributed by atoms with Crippen molar-refractivity contribution < 1.29 is 14.3 Å². The number of methoxy groups -OCH3 is 1. The van der Waals surface area contributed by atoms with Crippen LogP contribution >= 0.6 is 0 Å². The number of benzene rings is 1. The molecular weight excluding hydrogens is 344 g/mol. The Balaban J connectivity index is 1.62. The molecule has 1 aliphatic heterocycles. The van der Waals surface area contributed by atoms with E-state index in [1.165, 1.54) is 18.6 Å². The van der Waals surface area contributed by atoms with Crippen LogP contribution in [0.5, 0.6) is 5.75 Å². The van der Waals surface area contributed by atoms with Crippen LogP contribution in [0.4, 0.5) is 0 Å². The van der Waals surface area contributed by atoms with Crippen molar-refractivity contribution in [1.82, 2.24) is 19.8 Å². The number of ether oxygens (including phenoxy) is 1. The molecule has 2 aromatic rings. The third kappa shape index (κ3) is 4.24. The van der Waals surface area contributed by atoms with Gasteiger partial charge in [0, 0.05) is 44.1 Å². The third-order valence-electron chi connectivity index (χ3n) is 4.74. The maximum Gasteiger partial charge on any atom is 0.274 e. The summed E-state index contributed by atoms with van der Waals surface area (Å²) >= 11 is 0. The summed E-state index contributed by atoms with van der Waals surface area (Å²) in [5.74, 6) is 0.668. The van der Waals surface area contributed by atoms with E-state index in [1.54, 1.807) is 16.9 Å². The summed E-state index contributed by atoms with van der Waals surface area (Å²) in [6.07, 6.45) is 4.80. The van der Waals surface area contributed by atoms with Gasteiger partial charge in [0.15, 0.2) is 0 Å². The summed E-state index contributed by atoms with van der Waals surface area (Å²) in [5.41, 5.74) is 3.37. The van der Waals surface area contributed by atoms with Gasteiger partial charge >= 0.3 is 0 Å². The van der Waals surface area contributed by atoms with Gasteiger partial charge in [-0.25, -0.2) is 4.98 Å². The second kappa shape index (κ2) is 8.16. The topological polar surface area (TPSA) is 75.6 Å². The fourth-order valence-corrected chi connectivity index (χ4v) is 3.47. The first-order valence-corrected chi connectivity index (χ1v) is 8.96. The highest BCUT2D eigenvalue weighted by Gasteiger charge is 2.26. The van der Waals surface area contributed by atoms with Crippen molar-refractivity contribution in [2.45, 2.75) is 20.3 Å². The van der Waals surface area contributed by atoms with Crippen LogP contribution < -0.4 is 4.74 Å². The summed E-state index contributed by atoms with van der Waals surface area (Å²) in [6.45, 7) is 6.00. The molecule has 0 unspecified atom stereocenters. The molecule has 1 aromatic heterocycles. The number of carbonyl (C=O) groups excluding carboxylic acids is 2. The molecule has 3 rings (SSSR count). The standard InChI is InChI=1S/C20H24N4O3/c1-14-10-15(2)19(27-3)16(11-14)12-18(25)23-6-8-24(9-7-23)20(26)17-13-21-4-5-22-17/h4-5,10-11,13H,6-9,12H2,1-3H3. The predicted octanol–water partition coefficient (Wildman–Crippen LogP) is 1.63. The quantitative estimate of drug-likeness (QED) is 0.820. The van der Waals surface area contributed by atoms with Gasteiger partial charge in [0.1, 0.15) is 11.4 Å². The Morgan fingerprint density at radius 1 is 1.07 bits per heavy atom. The minimum atomic E-state index is -0.147. The lowest BCUT2D eigenvalue weighted by Crippen LogP contribution is -2.51. The highest BCUT2D eigenvalue weighted by atomic mass is 16.5. The van der Waals surface area contributed by atoms with Gasteiger partial charge in [-0.3, -0.25) is 14.6 Å². The zero-order valence-electron chi connectivity index (χ0n) is 15.9. The van der Waals surface area contributed by atoms with Crippen molar-refractivity contribution in [3.8, 4) is 5.75 Å². The van der Waals surface area contributed by atoms with Crippen molar-refractivity contribution in [2.75, 3.05) is 33.3 Å². The van der Waals surface area contributed by atoms with Gasteiger partial charge in [-0.2, -0.15) is 0 Å². The van der Waals surface area contributed by atoms with Crippen LogP contribution in [0.25, 0.3) is 0 Å². The number of piperazine rings is 1. The van der Waals surface area contributed by atoms with Gasteiger partial charge in [0.05, 0.1) is 19.7 Å². The van der Waals surface area contributed by atoms with Crippen LogP contribution in [0, 0.1) is 13.8 Å². The van der Waals surface area contributed by atoms with Crippen molar-refractivity contribution in [3.05, 3.63) is 53.1 Å². The van der Waals surface area contributed by atoms with Crippen LogP contribution in [-0.4, -0.2) is 64.9 Å². The number of aromatic nitrogens is 2. The molecule has 0 aliphatic carbocycles. The van der Waals surface area contributed by atoms with Gasteiger partial charge < -0.3 is 14.5 Å². The van der Waals surface area contributed by atoms with Gasteiger partial charge in [0.2, 0.25) is 5.91 Å². The number of carbonyl (C=O) groups is 2. The average Bonchev–Trinajstić information content (AvgIpc) is 2.68. The summed E-state index contributed by atoms with van der Waals surface area (Å²) < 4.78 is 5.48. The Bertz CT molecular complexity index is 831. The Labute approximate surface area is 159 Å². The predicted molar refractivity (Wildman–Crippen MR) is 101 cm³/mol. The third-order valence-corrected chi connectivity index (χ3v) is 4.74. The molecule has 0 radical (unpaired) electrons. The molecule has 1 saturated heterocycles. The highest BCUT2D eigenvalue weighted by molar-refractivity contribution is 5.92. The van der Waals surface area contributed by atoms with Gasteiger partial charge in [0.25, 0.3) is 5.91 Å². The summed E-state index contributed by atoms with van der Waals surface area (Å²) in [5, 5.41) is 0. The van der Waals surface area contributed by atoms with Crippen molar-refractivity contribution in [1.29, 1.82) is 0 Å². The summed E-state index contributed by atoms with van der Waals surface area (Å²) in [6, 6.07) is 4.04. The van der Waals surface area contributed by atoms with E-state index in [9.17, 15) is 9.59 Å². The number of rotatable bonds is 4. The van der Waals surface area contributed by atoms with E-state index < -0.39 is 0 Å². The molecule has 2 heterocycles.